The van der Waals surface area contributed by atoms with Crippen molar-refractivity contribution in [2.45, 2.75) is 20.3 Å². The third-order valence-electron chi connectivity index (χ3n) is 1.21. The van der Waals surface area contributed by atoms with Gasteiger partial charge in [0.05, 0.1) is 6.61 Å². The molecule has 0 fully saturated rings. The van der Waals surface area contributed by atoms with E-state index >= 15 is 0 Å². The molecule has 0 aromatic carbocycles. The van der Waals surface area contributed by atoms with Crippen LogP contribution < -0.4 is 0 Å². The normalized spacial score (nSPS) is 12.2. The molecule has 0 aromatic heterocycles. The smallest absolute Gasteiger partial charge is 0.162 e. The van der Waals surface area contributed by atoms with Gasteiger partial charge in [0.25, 0.3) is 0 Å². The van der Waals surface area contributed by atoms with E-state index in [1.165, 1.54) is 0 Å². The van der Waals surface area contributed by atoms with Crippen molar-refractivity contribution in [3.63, 3.8) is 0 Å². The Bertz CT molecular complexity index is 120. The maximum Gasteiger partial charge on any atom is 0.162 e. The highest BCUT2D eigenvalue weighted by molar-refractivity contribution is 7.80. The first kappa shape index (κ1) is 9.63. The molecule has 1 unspecified atom stereocenters. The molecule has 0 spiro atoms. The maximum absolute atomic E-state index is 5.14. The molecule has 58 valence electrons. The van der Waals surface area contributed by atoms with Crippen LogP contribution in [-0.2, 0) is 4.74 Å². The molecule has 0 aromatic rings. The van der Waals surface area contributed by atoms with E-state index in [9.17, 15) is 0 Å². The third kappa shape index (κ3) is 3.62. The van der Waals surface area contributed by atoms with Gasteiger partial charge in [0.1, 0.15) is 0 Å². The zero-order valence-corrected chi connectivity index (χ0v) is 7.41. The van der Waals surface area contributed by atoms with Crippen LogP contribution in [0.5, 0.6) is 0 Å². The molecule has 0 radical (unpaired) electrons. The van der Waals surface area contributed by atoms with Gasteiger partial charge in [-0.25, -0.2) is 0 Å². The summed E-state index contributed by atoms with van der Waals surface area (Å²) in [5.74, 6) is 0.326. The van der Waals surface area contributed by atoms with Gasteiger partial charge < -0.3 is 4.74 Å². The summed E-state index contributed by atoms with van der Waals surface area (Å²) >= 11 is 4.97. The zero-order chi connectivity index (χ0) is 7.98. The predicted molar refractivity (Wildman–Crippen MR) is 48.2 cm³/mol. The van der Waals surface area contributed by atoms with Crippen LogP contribution in [0.1, 0.15) is 20.3 Å². The molecule has 10 heavy (non-hydrogen) atoms. The molecule has 0 saturated carbocycles. The summed E-state index contributed by atoms with van der Waals surface area (Å²) < 4.78 is 5.14. The topological polar surface area (TPSA) is 9.23 Å². The molecule has 0 N–H and O–H groups in total. The minimum Gasteiger partial charge on any atom is -0.487 e. The van der Waals surface area contributed by atoms with Crippen molar-refractivity contribution in [1.82, 2.24) is 0 Å². The Morgan fingerprint density at radius 2 is 2.40 bits per heavy atom. The van der Waals surface area contributed by atoms with Gasteiger partial charge in [-0.15, -0.1) is 6.58 Å². The Morgan fingerprint density at radius 1 is 1.80 bits per heavy atom. The molecule has 0 saturated heterocycles. The SMILES string of the molecule is C=CCC(C)C(=S)OCC. The molecule has 0 aliphatic carbocycles. The van der Waals surface area contributed by atoms with Crippen LogP contribution in [0, 0.1) is 5.92 Å². The van der Waals surface area contributed by atoms with Crippen molar-refractivity contribution >= 4 is 17.3 Å². The van der Waals surface area contributed by atoms with Crippen LogP contribution in [0.3, 0.4) is 0 Å². The lowest BCUT2D eigenvalue weighted by Crippen LogP contribution is -2.11. The van der Waals surface area contributed by atoms with Crippen LogP contribution in [0.25, 0.3) is 0 Å². The molecule has 0 bridgehead atoms. The molecule has 1 atom stereocenters. The first-order valence-corrected chi connectivity index (χ1v) is 3.90. The Hall–Kier alpha value is -0.370. The summed E-state index contributed by atoms with van der Waals surface area (Å²) in [6.45, 7) is 8.27. The molecular formula is C8H14OS. The number of ether oxygens (including phenoxy) is 1. The minimum absolute atomic E-state index is 0.326. The second-order valence-electron chi connectivity index (χ2n) is 2.18. The van der Waals surface area contributed by atoms with E-state index in [0.29, 0.717) is 17.6 Å². The monoisotopic (exact) mass is 158 g/mol. The van der Waals surface area contributed by atoms with Gasteiger partial charge in [-0.3, -0.25) is 0 Å². The highest BCUT2D eigenvalue weighted by Crippen LogP contribution is 2.06. The van der Waals surface area contributed by atoms with E-state index in [1.807, 2.05) is 19.9 Å². The van der Waals surface area contributed by atoms with E-state index in [1.54, 1.807) is 0 Å². The number of thiocarbonyl (C=S) groups is 1. The van der Waals surface area contributed by atoms with Crippen molar-refractivity contribution in [3.8, 4) is 0 Å². The quantitative estimate of drug-likeness (QED) is 0.459. The fraction of sp³-hybridized carbons (Fsp3) is 0.625. The fourth-order valence-electron chi connectivity index (χ4n) is 0.631. The zero-order valence-electron chi connectivity index (χ0n) is 6.59. The highest BCUT2D eigenvalue weighted by atomic mass is 32.1. The second kappa shape index (κ2) is 5.42. The molecular weight excluding hydrogens is 144 g/mol. The van der Waals surface area contributed by atoms with Gasteiger partial charge in [0.15, 0.2) is 5.05 Å². The predicted octanol–water partition coefficient (Wildman–Crippen LogP) is 2.56. The summed E-state index contributed by atoms with van der Waals surface area (Å²) in [4.78, 5) is 0. The molecule has 2 heteroatoms. The van der Waals surface area contributed by atoms with E-state index in [2.05, 4.69) is 6.58 Å². The minimum atomic E-state index is 0.326. The lowest BCUT2D eigenvalue weighted by Gasteiger charge is -2.09. The van der Waals surface area contributed by atoms with Gasteiger partial charge in [0, 0.05) is 5.92 Å². The van der Waals surface area contributed by atoms with E-state index in [0.717, 1.165) is 6.42 Å². The molecule has 1 nitrogen and oxygen atoms in total. The van der Waals surface area contributed by atoms with Crippen LogP contribution in [-0.4, -0.2) is 11.7 Å². The van der Waals surface area contributed by atoms with Gasteiger partial charge >= 0.3 is 0 Å². The standard InChI is InChI=1S/C8H14OS/c1-4-6-7(3)8(10)9-5-2/h4,7H,1,5-6H2,2-3H3. The first-order valence-electron chi connectivity index (χ1n) is 3.49. The maximum atomic E-state index is 5.14. The van der Waals surface area contributed by atoms with E-state index in [-0.39, 0.29) is 0 Å². The van der Waals surface area contributed by atoms with Crippen molar-refractivity contribution in [1.29, 1.82) is 0 Å². The molecule has 0 aliphatic heterocycles. The van der Waals surface area contributed by atoms with Crippen LogP contribution in [0.4, 0.5) is 0 Å². The van der Waals surface area contributed by atoms with Gasteiger partial charge in [-0.2, -0.15) is 0 Å². The van der Waals surface area contributed by atoms with Gasteiger partial charge in [-0.05, 0) is 25.6 Å². The third-order valence-corrected chi connectivity index (χ3v) is 1.73. The van der Waals surface area contributed by atoms with Crippen LogP contribution in [0.15, 0.2) is 12.7 Å². The second-order valence-corrected chi connectivity index (χ2v) is 2.58. The van der Waals surface area contributed by atoms with Crippen molar-refractivity contribution in [3.05, 3.63) is 12.7 Å². The van der Waals surface area contributed by atoms with Crippen molar-refractivity contribution < 1.29 is 4.74 Å². The summed E-state index contributed by atoms with van der Waals surface area (Å²) in [5.41, 5.74) is 0. The van der Waals surface area contributed by atoms with E-state index in [4.69, 9.17) is 17.0 Å². The number of allylic oxidation sites excluding steroid dienone is 1. The fourth-order valence-corrected chi connectivity index (χ4v) is 0.845. The summed E-state index contributed by atoms with van der Waals surface area (Å²) in [6, 6.07) is 0. The molecule has 0 rings (SSSR count). The number of hydrogen-bond acceptors (Lipinski definition) is 2. The lowest BCUT2D eigenvalue weighted by molar-refractivity contribution is 0.314. The Labute approximate surface area is 68.1 Å². The Kier molecular flexibility index (Phi) is 5.22. The largest absolute Gasteiger partial charge is 0.487 e. The average molecular weight is 158 g/mol. The Balaban J connectivity index is 3.58. The Morgan fingerprint density at radius 3 is 2.80 bits per heavy atom. The highest BCUT2D eigenvalue weighted by Gasteiger charge is 2.05. The average Bonchev–Trinajstić information content (AvgIpc) is 1.89. The van der Waals surface area contributed by atoms with Gasteiger partial charge in [-0.1, -0.05) is 13.0 Å². The number of hydrogen-bond donors (Lipinski definition) is 0. The first-order chi connectivity index (χ1) is 4.72. The summed E-state index contributed by atoms with van der Waals surface area (Å²) in [7, 11) is 0. The van der Waals surface area contributed by atoms with Crippen LogP contribution in [0.2, 0.25) is 0 Å². The molecule has 0 heterocycles. The molecule has 0 amide bonds. The molecule has 0 aliphatic rings. The van der Waals surface area contributed by atoms with Crippen LogP contribution >= 0.6 is 12.2 Å². The number of rotatable bonds is 4. The summed E-state index contributed by atoms with van der Waals surface area (Å²) in [6.07, 6.45) is 2.76. The van der Waals surface area contributed by atoms with Crippen molar-refractivity contribution in [2.24, 2.45) is 5.92 Å². The summed E-state index contributed by atoms with van der Waals surface area (Å²) in [5, 5.41) is 0.697. The van der Waals surface area contributed by atoms with Gasteiger partial charge in [0.2, 0.25) is 0 Å². The van der Waals surface area contributed by atoms with Crippen molar-refractivity contribution in [2.75, 3.05) is 6.61 Å². The van der Waals surface area contributed by atoms with E-state index < -0.39 is 0 Å². The lowest BCUT2D eigenvalue weighted by atomic mass is 10.1.